The average molecular weight is 230 g/mol. The molecule has 2 unspecified atom stereocenters. The Kier molecular flexibility index (Phi) is 2.93. The predicted molar refractivity (Wildman–Crippen MR) is 71.0 cm³/mol. The van der Waals surface area contributed by atoms with Crippen LogP contribution >= 0.6 is 0 Å². The molecule has 1 heterocycles. The zero-order valence-electron chi connectivity index (χ0n) is 10.6. The van der Waals surface area contributed by atoms with Gasteiger partial charge in [-0.15, -0.1) is 0 Å². The largest absolute Gasteiger partial charge is 0.327 e. The number of hydrogen-bond acceptors (Lipinski definition) is 2. The molecule has 2 atom stereocenters. The molecule has 1 aliphatic heterocycles. The standard InChI is InChI=1S/C15H22N2/c1-11-6-14(16)10-17(9-11)15-7-12-4-2-3-5-13(12)8-15/h2-5,11,14-15H,6-10,16H2,1H3. The van der Waals surface area contributed by atoms with Crippen molar-refractivity contribution in [3.63, 3.8) is 0 Å². The predicted octanol–water partition coefficient (Wildman–Crippen LogP) is 1.82. The van der Waals surface area contributed by atoms with Crippen LogP contribution in [0.2, 0.25) is 0 Å². The highest BCUT2D eigenvalue weighted by atomic mass is 15.2. The number of hydrogen-bond donors (Lipinski definition) is 1. The molecule has 0 amide bonds. The van der Waals surface area contributed by atoms with Crippen LogP contribution in [0, 0.1) is 5.92 Å². The van der Waals surface area contributed by atoms with E-state index in [0.717, 1.165) is 12.5 Å². The molecule has 2 nitrogen and oxygen atoms in total. The molecule has 0 saturated carbocycles. The van der Waals surface area contributed by atoms with Gasteiger partial charge in [-0.25, -0.2) is 0 Å². The molecule has 0 spiro atoms. The fraction of sp³-hybridized carbons (Fsp3) is 0.600. The summed E-state index contributed by atoms with van der Waals surface area (Å²) < 4.78 is 0. The third-order valence-corrected chi connectivity index (χ3v) is 4.27. The number of likely N-dealkylation sites (tertiary alicyclic amines) is 1. The van der Waals surface area contributed by atoms with E-state index in [0.29, 0.717) is 12.1 Å². The Morgan fingerprint density at radius 1 is 1.12 bits per heavy atom. The van der Waals surface area contributed by atoms with E-state index in [1.54, 1.807) is 11.1 Å². The summed E-state index contributed by atoms with van der Waals surface area (Å²) >= 11 is 0. The van der Waals surface area contributed by atoms with E-state index < -0.39 is 0 Å². The number of rotatable bonds is 1. The van der Waals surface area contributed by atoms with Crippen molar-refractivity contribution in [2.75, 3.05) is 13.1 Å². The van der Waals surface area contributed by atoms with Gasteiger partial charge in [0.25, 0.3) is 0 Å². The number of fused-ring (bicyclic) bond motifs is 1. The van der Waals surface area contributed by atoms with Gasteiger partial charge in [0.1, 0.15) is 0 Å². The zero-order chi connectivity index (χ0) is 11.8. The molecule has 2 aliphatic rings. The smallest absolute Gasteiger partial charge is 0.0177 e. The molecule has 2 heteroatoms. The second-order valence-electron chi connectivity index (χ2n) is 5.89. The van der Waals surface area contributed by atoms with Crippen LogP contribution in [0.4, 0.5) is 0 Å². The first kappa shape index (κ1) is 11.2. The van der Waals surface area contributed by atoms with E-state index in [9.17, 15) is 0 Å². The van der Waals surface area contributed by atoms with E-state index in [-0.39, 0.29) is 0 Å². The van der Waals surface area contributed by atoms with Gasteiger partial charge in [0.15, 0.2) is 0 Å². The number of nitrogens with two attached hydrogens (primary N) is 1. The van der Waals surface area contributed by atoms with Crippen LogP contribution in [0.1, 0.15) is 24.5 Å². The second-order valence-corrected chi connectivity index (χ2v) is 5.89. The van der Waals surface area contributed by atoms with Crippen LogP contribution in [-0.2, 0) is 12.8 Å². The molecule has 1 aromatic carbocycles. The molecule has 0 radical (unpaired) electrons. The maximum Gasteiger partial charge on any atom is 0.0177 e. The van der Waals surface area contributed by atoms with Crippen molar-refractivity contribution in [1.29, 1.82) is 0 Å². The summed E-state index contributed by atoms with van der Waals surface area (Å²) in [5.41, 5.74) is 9.24. The monoisotopic (exact) mass is 230 g/mol. The molecule has 0 bridgehead atoms. The lowest BCUT2D eigenvalue weighted by Crippen LogP contribution is -2.50. The van der Waals surface area contributed by atoms with Crippen molar-refractivity contribution in [2.24, 2.45) is 11.7 Å². The van der Waals surface area contributed by atoms with E-state index in [2.05, 4.69) is 36.1 Å². The molecule has 1 aromatic rings. The Labute approximate surface area is 104 Å². The Morgan fingerprint density at radius 3 is 2.35 bits per heavy atom. The van der Waals surface area contributed by atoms with Gasteiger partial charge in [-0.05, 0) is 36.3 Å². The van der Waals surface area contributed by atoms with E-state index in [1.165, 1.54) is 25.8 Å². The molecule has 1 aliphatic carbocycles. The van der Waals surface area contributed by atoms with Gasteiger partial charge in [-0.3, -0.25) is 4.90 Å². The fourth-order valence-electron chi connectivity index (χ4n) is 3.53. The number of nitrogens with zero attached hydrogens (tertiary/aromatic N) is 1. The summed E-state index contributed by atoms with van der Waals surface area (Å²) in [5, 5.41) is 0. The van der Waals surface area contributed by atoms with Gasteiger partial charge >= 0.3 is 0 Å². The summed E-state index contributed by atoms with van der Waals surface area (Å²) in [6.45, 7) is 4.64. The van der Waals surface area contributed by atoms with Gasteiger partial charge in [0.2, 0.25) is 0 Å². The molecule has 2 N–H and O–H groups in total. The Bertz CT molecular complexity index is 367. The van der Waals surface area contributed by atoms with Gasteiger partial charge in [0.05, 0.1) is 0 Å². The van der Waals surface area contributed by atoms with Crippen molar-refractivity contribution >= 4 is 0 Å². The highest BCUT2D eigenvalue weighted by Crippen LogP contribution is 2.28. The van der Waals surface area contributed by atoms with E-state index in [1.807, 2.05) is 0 Å². The molecule has 0 aromatic heterocycles. The van der Waals surface area contributed by atoms with Gasteiger partial charge < -0.3 is 5.73 Å². The minimum atomic E-state index is 0.377. The molecular weight excluding hydrogens is 208 g/mol. The Balaban J connectivity index is 1.72. The first-order valence-electron chi connectivity index (χ1n) is 6.79. The van der Waals surface area contributed by atoms with E-state index >= 15 is 0 Å². The average Bonchev–Trinajstić information content (AvgIpc) is 2.71. The Morgan fingerprint density at radius 2 is 1.76 bits per heavy atom. The highest BCUT2D eigenvalue weighted by Gasteiger charge is 2.31. The van der Waals surface area contributed by atoms with Gasteiger partial charge in [-0.2, -0.15) is 0 Å². The molecule has 1 saturated heterocycles. The van der Waals surface area contributed by atoms with Crippen molar-refractivity contribution in [3.8, 4) is 0 Å². The summed E-state index contributed by atoms with van der Waals surface area (Å²) in [6.07, 6.45) is 3.63. The lowest BCUT2D eigenvalue weighted by atomic mass is 9.94. The van der Waals surface area contributed by atoms with Crippen LogP contribution in [0.3, 0.4) is 0 Å². The van der Waals surface area contributed by atoms with Crippen molar-refractivity contribution in [1.82, 2.24) is 4.90 Å². The quantitative estimate of drug-likeness (QED) is 0.797. The SMILES string of the molecule is CC1CC(N)CN(C2Cc3ccccc3C2)C1. The highest BCUT2D eigenvalue weighted by molar-refractivity contribution is 5.33. The van der Waals surface area contributed by atoms with Crippen molar-refractivity contribution in [2.45, 2.75) is 38.3 Å². The summed E-state index contributed by atoms with van der Waals surface area (Å²) in [7, 11) is 0. The summed E-state index contributed by atoms with van der Waals surface area (Å²) in [6, 6.07) is 9.95. The maximum absolute atomic E-state index is 6.15. The first-order chi connectivity index (χ1) is 8.22. The zero-order valence-corrected chi connectivity index (χ0v) is 10.6. The minimum Gasteiger partial charge on any atom is -0.327 e. The second kappa shape index (κ2) is 4.43. The molecule has 17 heavy (non-hydrogen) atoms. The lowest BCUT2D eigenvalue weighted by Gasteiger charge is -2.38. The summed E-state index contributed by atoms with van der Waals surface area (Å²) in [5.74, 6) is 0.752. The third-order valence-electron chi connectivity index (χ3n) is 4.27. The maximum atomic E-state index is 6.15. The van der Waals surface area contributed by atoms with Crippen molar-refractivity contribution in [3.05, 3.63) is 35.4 Å². The van der Waals surface area contributed by atoms with Crippen LogP contribution in [0.15, 0.2) is 24.3 Å². The Hall–Kier alpha value is -0.860. The molecule has 3 rings (SSSR count). The van der Waals surface area contributed by atoms with Gasteiger partial charge in [-0.1, -0.05) is 31.2 Å². The molecule has 92 valence electrons. The van der Waals surface area contributed by atoms with Crippen LogP contribution in [0.5, 0.6) is 0 Å². The van der Waals surface area contributed by atoms with E-state index in [4.69, 9.17) is 5.73 Å². The third kappa shape index (κ3) is 2.24. The van der Waals surface area contributed by atoms with Crippen LogP contribution in [-0.4, -0.2) is 30.1 Å². The topological polar surface area (TPSA) is 29.3 Å². The van der Waals surface area contributed by atoms with Crippen LogP contribution in [0.25, 0.3) is 0 Å². The fourth-order valence-corrected chi connectivity index (χ4v) is 3.53. The summed E-state index contributed by atoms with van der Waals surface area (Å²) in [4.78, 5) is 2.62. The molecule has 1 fully saturated rings. The minimum absolute atomic E-state index is 0.377. The number of piperidine rings is 1. The van der Waals surface area contributed by atoms with Gasteiger partial charge in [0, 0.05) is 25.2 Å². The normalized spacial score (nSPS) is 30.5. The first-order valence-corrected chi connectivity index (χ1v) is 6.79. The molecular formula is C15H22N2. The number of benzene rings is 1. The van der Waals surface area contributed by atoms with Crippen LogP contribution < -0.4 is 5.73 Å². The van der Waals surface area contributed by atoms with Crippen molar-refractivity contribution < 1.29 is 0 Å². The lowest BCUT2D eigenvalue weighted by molar-refractivity contribution is 0.119.